The zero-order valence-corrected chi connectivity index (χ0v) is 13.5. The normalized spacial score (nSPS) is 15.1. The van der Waals surface area contributed by atoms with Gasteiger partial charge in [0.05, 0.1) is 5.60 Å². The number of hydrogen-bond acceptors (Lipinski definition) is 3. The number of carbonyl (C=O) groups excluding carboxylic acids is 1. The van der Waals surface area contributed by atoms with Crippen molar-refractivity contribution in [3.05, 3.63) is 35.6 Å². The van der Waals surface area contributed by atoms with Crippen LogP contribution in [0.5, 0.6) is 0 Å². The molecule has 0 saturated carbocycles. The fraction of sp³-hybridized carbons (Fsp3) is 0.533. The van der Waals surface area contributed by atoms with Gasteiger partial charge in [0.1, 0.15) is 5.82 Å². The van der Waals surface area contributed by atoms with E-state index in [-0.39, 0.29) is 24.4 Å². The molecule has 2 unspecified atom stereocenters. The molecule has 6 heteroatoms. The Morgan fingerprint density at radius 3 is 2.86 bits per heavy atom. The molecule has 0 radical (unpaired) electrons. The molecule has 0 spiro atoms. The Morgan fingerprint density at radius 1 is 1.52 bits per heavy atom. The molecule has 0 aliphatic carbocycles. The van der Waals surface area contributed by atoms with Crippen LogP contribution in [0.15, 0.2) is 24.3 Å². The van der Waals surface area contributed by atoms with Crippen molar-refractivity contribution in [2.75, 3.05) is 18.6 Å². The molecule has 118 valence electrons. The highest BCUT2D eigenvalue weighted by Crippen LogP contribution is 2.09. The first-order chi connectivity index (χ1) is 9.82. The lowest BCUT2D eigenvalue weighted by Gasteiger charge is -2.23. The van der Waals surface area contributed by atoms with Gasteiger partial charge in [-0.3, -0.25) is 0 Å². The molecule has 1 aromatic rings. The van der Waals surface area contributed by atoms with E-state index in [0.717, 1.165) is 5.56 Å². The average molecular weight is 314 g/mol. The van der Waals surface area contributed by atoms with Crippen LogP contribution in [0.1, 0.15) is 19.4 Å². The van der Waals surface area contributed by atoms with Gasteiger partial charge in [-0.1, -0.05) is 12.1 Å². The second kappa shape index (κ2) is 8.24. The number of thioether (sulfide) groups is 1. The number of halogens is 1. The van der Waals surface area contributed by atoms with Crippen molar-refractivity contribution in [3.63, 3.8) is 0 Å². The number of carbonyl (C=O) groups is 1. The third-order valence-electron chi connectivity index (χ3n) is 2.89. The highest BCUT2D eigenvalue weighted by Gasteiger charge is 2.20. The third-order valence-corrected chi connectivity index (χ3v) is 3.80. The number of aliphatic hydroxyl groups is 1. The zero-order chi connectivity index (χ0) is 15.9. The molecule has 4 nitrogen and oxygen atoms in total. The van der Waals surface area contributed by atoms with E-state index in [4.69, 9.17) is 0 Å². The first kappa shape index (κ1) is 17.8. The van der Waals surface area contributed by atoms with Crippen molar-refractivity contribution < 1.29 is 14.3 Å². The Balaban J connectivity index is 2.37. The summed E-state index contributed by atoms with van der Waals surface area (Å²) in [4.78, 5) is 11.7. The van der Waals surface area contributed by atoms with E-state index in [0.29, 0.717) is 12.2 Å². The van der Waals surface area contributed by atoms with Gasteiger partial charge in [-0.05, 0) is 44.2 Å². The summed E-state index contributed by atoms with van der Waals surface area (Å²) < 4.78 is 13.1. The molecule has 0 heterocycles. The highest BCUT2D eigenvalue weighted by atomic mass is 32.2. The smallest absolute Gasteiger partial charge is 0.315 e. The lowest BCUT2D eigenvalue weighted by Crippen LogP contribution is -2.48. The maximum atomic E-state index is 13.1. The predicted octanol–water partition coefficient (Wildman–Crippen LogP) is 2.17. The van der Waals surface area contributed by atoms with Crippen LogP contribution < -0.4 is 10.6 Å². The van der Waals surface area contributed by atoms with Gasteiger partial charge >= 0.3 is 6.03 Å². The summed E-state index contributed by atoms with van der Waals surface area (Å²) in [5, 5.41) is 15.4. The van der Waals surface area contributed by atoms with Crippen LogP contribution in [0.2, 0.25) is 0 Å². The van der Waals surface area contributed by atoms with Crippen molar-refractivity contribution >= 4 is 17.8 Å². The van der Waals surface area contributed by atoms with E-state index < -0.39 is 5.60 Å². The van der Waals surface area contributed by atoms with Gasteiger partial charge in [0.25, 0.3) is 0 Å². The fourth-order valence-corrected chi connectivity index (χ4v) is 2.70. The minimum atomic E-state index is -0.928. The molecular weight excluding hydrogens is 291 g/mol. The summed E-state index contributed by atoms with van der Waals surface area (Å²) in [6.07, 6.45) is 2.45. The largest absolute Gasteiger partial charge is 0.387 e. The van der Waals surface area contributed by atoms with Crippen molar-refractivity contribution in [1.82, 2.24) is 10.6 Å². The van der Waals surface area contributed by atoms with Gasteiger partial charge in [-0.2, -0.15) is 11.8 Å². The van der Waals surface area contributed by atoms with Crippen molar-refractivity contribution in [2.24, 2.45) is 0 Å². The lowest BCUT2D eigenvalue weighted by atomic mass is 10.1. The number of rotatable bonds is 7. The zero-order valence-electron chi connectivity index (χ0n) is 12.6. The molecule has 0 aliphatic rings. The Labute approximate surface area is 129 Å². The molecule has 21 heavy (non-hydrogen) atoms. The van der Waals surface area contributed by atoms with Crippen LogP contribution in [-0.4, -0.2) is 41.3 Å². The Hall–Kier alpha value is -1.27. The molecule has 3 N–H and O–H groups in total. The Kier molecular flexibility index (Phi) is 6.98. The van der Waals surface area contributed by atoms with E-state index in [2.05, 4.69) is 10.6 Å². The summed E-state index contributed by atoms with van der Waals surface area (Å²) in [6.45, 7) is 3.72. The molecule has 0 saturated heterocycles. The topological polar surface area (TPSA) is 61.4 Å². The van der Waals surface area contributed by atoms with Crippen LogP contribution in [0, 0.1) is 5.82 Å². The quantitative estimate of drug-likeness (QED) is 0.723. The average Bonchev–Trinajstić information content (AvgIpc) is 2.36. The van der Waals surface area contributed by atoms with Gasteiger partial charge in [-0.15, -0.1) is 0 Å². The second-order valence-electron chi connectivity index (χ2n) is 5.49. The summed E-state index contributed by atoms with van der Waals surface area (Å²) in [5.74, 6) is 0.267. The standard InChI is InChI=1S/C15H23FN2O2S/c1-11(7-12-5-4-6-13(16)8-12)18-14(19)17-9-15(2,20)10-21-3/h4-6,8,11,20H,7,9-10H2,1-3H3,(H2,17,18,19). The molecule has 0 bridgehead atoms. The maximum Gasteiger partial charge on any atom is 0.315 e. The minimum absolute atomic E-state index is 0.128. The van der Waals surface area contributed by atoms with Gasteiger partial charge in [-0.25, -0.2) is 9.18 Å². The fourth-order valence-electron chi connectivity index (χ4n) is 1.98. The SMILES string of the molecule is CSCC(C)(O)CNC(=O)NC(C)Cc1cccc(F)c1. The molecule has 0 fully saturated rings. The van der Waals surface area contributed by atoms with Crippen LogP contribution >= 0.6 is 11.8 Å². The lowest BCUT2D eigenvalue weighted by molar-refractivity contribution is 0.0868. The van der Waals surface area contributed by atoms with E-state index in [9.17, 15) is 14.3 Å². The van der Waals surface area contributed by atoms with Crippen LogP contribution in [0.25, 0.3) is 0 Å². The molecule has 0 aromatic heterocycles. The van der Waals surface area contributed by atoms with Crippen molar-refractivity contribution in [1.29, 1.82) is 0 Å². The summed E-state index contributed by atoms with van der Waals surface area (Å²) >= 11 is 1.52. The summed E-state index contributed by atoms with van der Waals surface area (Å²) in [5.41, 5.74) is -0.0973. The molecule has 0 aliphatic heterocycles. The first-order valence-electron chi connectivity index (χ1n) is 6.82. The number of amides is 2. The first-order valence-corrected chi connectivity index (χ1v) is 8.22. The molecule has 1 rings (SSSR count). The van der Waals surface area contributed by atoms with Gasteiger partial charge in [0.15, 0.2) is 0 Å². The van der Waals surface area contributed by atoms with Gasteiger partial charge in [0, 0.05) is 18.3 Å². The van der Waals surface area contributed by atoms with Crippen molar-refractivity contribution in [2.45, 2.75) is 31.9 Å². The summed E-state index contributed by atoms with van der Waals surface area (Å²) in [6, 6.07) is 5.86. The van der Waals surface area contributed by atoms with Gasteiger partial charge in [0.2, 0.25) is 0 Å². The molecule has 2 atom stereocenters. The molecular formula is C15H23FN2O2S. The number of nitrogens with one attached hydrogen (secondary N) is 2. The van der Waals surface area contributed by atoms with E-state index in [1.54, 1.807) is 13.0 Å². The molecule has 2 amide bonds. The van der Waals surface area contributed by atoms with Crippen LogP contribution in [0.4, 0.5) is 9.18 Å². The Bertz CT molecular complexity index is 469. The number of benzene rings is 1. The van der Waals surface area contributed by atoms with E-state index >= 15 is 0 Å². The Morgan fingerprint density at radius 2 is 2.24 bits per heavy atom. The predicted molar refractivity (Wildman–Crippen MR) is 85.1 cm³/mol. The number of urea groups is 1. The van der Waals surface area contributed by atoms with Gasteiger partial charge < -0.3 is 15.7 Å². The monoisotopic (exact) mass is 314 g/mol. The minimum Gasteiger partial charge on any atom is -0.387 e. The van der Waals surface area contributed by atoms with E-state index in [1.807, 2.05) is 19.2 Å². The van der Waals surface area contributed by atoms with Crippen molar-refractivity contribution in [3.8, 4) is 0 Å². The number of hydrogen-bond donors (Lipinski definition) is 3. The van der Waals surface area contributed by atoms with E-state index in [1.165, 1.54) is 23.9 Å². The highest BCUT2D eigenvalue weighted by molar-refractivity contribution is 7.98. The maximum absolute atomic E-state index is 13.1. The second-order valence-corrected chi connectivity index (χ2v) is 6.36. The summed E-state index contributed by atoms with van der Waals surface area (Å²) in [7, 11) is 0. The van der Waals surface area contributed by atoms with Crippen LogP contribution in [-0.2, 0) is 6.42 Å². The molecule has 1 aromatic carbocycles. The third kappa shape index (κ3) is 7.34. The van der Waals surface area contributed by atoms with Crippen LogP contribution in [0.3, 0.4) is 0 Å².